The molecule has 0 saturated heterocycles. The molecule has 188 valence electrons. The van der Waals surface area contributed by atoms with Gasteiger partial charge in [0, 0.05) is 13.7 Å². The summed E-state index contributed by atoms with van der Waals surface area (Å²) in [4.78, 5) is 13.2. The fraction of sp³-hybridized carbons (Fsp3) is 0.875. The highest BCUT2D eigenvalue weighted by Gasteiger charge is 2.59. The topological polar surface area (TPSA) is 63.2 Å². The van der Waals surface area contributed by atoms with Crippen LogP contribution in [-0.2, 0) is 27.9 Å². The van der Waals surface area contributed by atoms with E-state index in [9.17, 15) is 4.79 Å². The number of hydrogen-bond acceptors (Lipinski definition) is 6. The van der Waals surface area contributed by atoms with Gasteiger partial charge in [0.15, 0.2) is 16.6 Å². The van der Waals surface area contributed by atoms with Crippen molar-refractivity contribution in [3.05, 3.63) is 11.3 Å². The Morgan fingerprint density at radius 2 is 1.47 bits per heavy atom. The Hall–Kier alpha value is -0.676. The van der Waals surface area contributed by atoms with Gasteiger partial charge < -0.3 is 23.1 Å². The number of carbonyl (C=O) groups is 1. The number of hydrogen-bond donors (Lipinski definition) is 0. The van der Waals surface area contributed by atoms with Crippen molar-refractivity contribution in [1.29, 1.82) is 0 Å². The lowest BCUT2D eigenvalue weighted by Crippen LogP contribution is -2.54. The second-order valence-corrected chi connectivity index (χ2v) is 21.7. The summed E-state index contributed by atoms with van der Waals surface area (Å²) < 4.78 is 30.8. The smallest absolute Gasteiger partial charge is 0.338 e. The zero-order valence-corrected chi connectivity index (χ0v) is 25.0. The Balaban J connectivity index is 3.62. The highest BCUT2D eigenvalue weighted by molar-refractivity contribution is 6.74. The van der Waals surface area contributed by atoms with Crippen LogP contribution in [-0.4, -0.2) is 62.2 Å². The third-order valence-electron chi connectivity index (χ3n) is 7.70. The molecule has 0 aromatic rings. The lowest BCUT2D eigenvalue weighted by atomic mass is 9.81. The highest BCUT2D eigenvalue weighted by atomic mass is 28.4. The average Bonchev–Trinajstić information content (AvgIpc) is 2.86. The van der Waals surface area contributed by atoms with E-state index in [1.807, 2.05) is 6.92 Å². The molecule has 8 heteroatoms. The molecule has 0 heterocycles. The molecule has 1 aliphatic carbocycles. The van der Waals surface area contributed by atoms with Gasteiger partial charge in [0.2, 0.25) is 0 Å². The van der Waals surface area contributed by atoms with Crippen molar-refractivity contribution in [1.82, 2.24) is 0 Å². The molecule has 1 rings (SSSR count). The molecule has 0 unspecified atom stereocenters. The molecule has 0 aromatic heterocycles. The minimum absolute atomic E-state index is 0.00753. The van der Waals surface area contributed by atoms with E-state index in [0.29, 0.717) is 17.9 Å². The van der Waals surface area contributed by atoms with Gasteiger partial charge in [0.25, 0.3) is 0 Å². The van der Waals surface area contributed by atoms with Crippen LogP contribution in [0.1, 0.15) is 55.4 Å². The van der Waals surface area contributed by atoms with Crippen LogP contribution in [0.15, 0.2) is 11.3 Å². The normalized spacial score (nSPS) is 25.3. The van der Waals surface area contributed by atoms with Gasteiger partial charge in [-0.1, -0.05) is 48.5 Å². The van der Waals surface area contributed by atoms with Crippen LogP contribution < -0.4 is 0 Å². The summed E-state index contributed by atoms with van der Waals surface area (Å²) >= 11 is 0. The van der Waals surface area contributed by atoms with Crippen LogP contribution in [0, 0.1) is 5.41 Å². The van der Waals surface area contributed by atoms with Crippen molar-refractivity contribution in [2.24, 2.45) is 5.41 Å². The van der Waals surface area contributed by atoms with Crippen LogP contribution in [0.5, 0.6) is 0 Å². The van der Waals surface area contributed by atoms with Crippen LogP contribution in [0.4, 0.5) is 0 Å². The molecule has 1 aliphatic rings. The zero-order chi connectivity index (χ0) is 25.3. The first kappa shape index (κ1) is 29.4. The van der Waals surface area contributed by atoms with E-state index in [0.717, 1.165) is 0 Å². The first-order valence-electron chi connectivity index (χ1n) is 11.6. The fourth-order valence-electron chi connectivity index (χ4n) is 3.41. The van der Waals surface area contributed by atoms with Gasteiger partial charge in [-0.15, -0.1) is 0 Å². The van der Waals surface area contributed by atoms with Crippen molar-refractivity contribution in [3.8, 4) is 0 Å². The second-order valence-electron chi connectivity index (χ2n) is 12.1. The Kier molecular flexibility index (Phi) is 9.08. The zero-order valence-electron chi connectivity index (χ0n) is 23.0. The predicted molar refractivity (Wildman–Crippen MR) is 135 cm³/mol. The molecule has 0 amide bonds. The molecule has 0 bridgehead atoms. The Labute approximate surface area is 198 Å². The lowest BCUT2D eigenvalue weighted by Gasteiger charge is -2.46. The minimum atomic E-state index is -2.21. The van der Waals surface area contributed by atoms with Gasteiger partial charge in [-0.3, -0.25) is 0 Å². The van der Waals surface area contributed by atoms with Gasteiger partial charge in [-0.05, 0) is 43.2 Å². The molecule has 0 saturated carbocycles. The van der Waals surface area contributed by atoms with E-state index >= 15 is 0 Å². The number of methoxy groups -OCH3 is 2. The molecule has 0 fully saturated rings. The Morgan fingerprint density at radius 1 is 0.969 bits per heavy atom. The summed E-state index contributed by atoms with van der Waals surface area (Å²) in [5.41, 5.74) is -0.306. The van der Waals surface area contributed by atoms with Gasteiger partial charge in [0.1, 0.15) is 11.9 Å². The number of rotatable bonds is 9. The molecule has 3 atom stereocenters. The van der Waals surface area contributed by atoms with Crippen LogP contribution in [0.3, 0.4) is 0 Å². The molecule has 0 aliphatic heterocycles. The molecular weight excluding hydrogens is 440 g/mol. The molecule has 6 nitrogen and oxygen atoms in total. The quantitative estimate of drug-likeness (QED) is 0.297. The van der Waals surface area contributed by atoms with E-state index in [1.54, 1.807) is 21.1 Å². The van der Waals surface area contributed by atoms with E-state index in [-0.39, 0.29) is 16.7 Å². The summed E-state index contributed by atoms with van der Waals surface area (Å²) in [5.74, 6) is 0.0880. The number of esters is 1. The van der Waals surface area contributed by atoms with E-state index in [1.165, 1.54) is 0 Å². The van der Waals surface area contributed by atoms with E-state index in [2.05, 4.69) is 67.7 Å². The van der Waals surface area contributed by atoms with Gasteiger partial charge >= 0.3 is 5.97 Å². The second kappa shape index (κ2) is 9.90. The van der Waals surface area contributed by atoms with E-state index < -0.39 is 40.2 Å². The molecule has 32 heavy (non-hydrogen) atoms. The first-order chi connectivity index (χ1) is 14.3. The largest absolute Gasteiger partial charge is 0.498 e. The summed E-state index contributed by atoms with van der Waals surface area (Å²) in [7, 11) is -1.10. The summed E-state index contributed by atoms with van der Waals surface area (Å²) in [6.45, 7) is 26.6. The highest BCUT2D eigenvalue weighted by Crippen LogP contribution is 2.51. The molecule has 0 spiro atoms. The molecular formula is C24H48O6Si2. The van der Waals surface area contributed by atoms with Crippen molar-refractivity contribution < 1.29 is 27.9 Å². The van der Waals surface area contributed by atoms with E-state index in [4.69, 9.17) is 23.1 Å². The average molecular weight is 489 g/mol. The maximum atomic E-state index is 13.2. The lowest BCUT2D eigenvalue weighted by molar-refractivity contribution is -0.141. The Bertz CT molecular complexity index is 702. The van der Waals surface area contributed by atoms with Crippen molar-refractivity contribution in [2.75, 3.05) is 27.4 Å². The Morgan fingerprint density at radius 3 is 1.84 bits per heavy atom. The molecule has 0 N–H and O–H groups in total. The van der Waals surface area contributed by atoms with Crippen LogP contribution in [0.2, 0.25) is 36.3 Å². The monoisotopic (exact) mass is 488 g/mol. The summed E-state index contributed by atoms with van der Waals surface area (Å²) in [6.07, 6.45) is -0.936. The van der Waals surface area contributed by atoms with Crippen LogP contribution in [0.25, 0.3) is 0 Å². The van der Waals surface area contributed by atoms with Crippen molar-refractivity contribution in [3.63, 3.8) is 0 Å². The standard InChI is InChI=1S/C24H48O6Si2/c1-15-28-21(25)17-18(26-9)19(27-10)20(30-32(13,14)23(5,6)7)24(17,8)16-29-31(11,12)22(2,3)4/h19-20H,15-16H2,1-14H3/t19-,20+,24+/m0/s1. The fourth-order valence-corrected chi connectivity index (χ4v) is 5.88. The third kappa shape index (κ3) is 5.69. The summed E-state index contributed by atoms with van der Waals surface area (Å²) in [5, 5.41) is 0.0305. The van der Waals surface area contributed by atoms with Crippen molar-refractivity contribution in [2.45, 2.75) is 104 Å². The minimum Gasteiger partial charge on any atom is -0.498 e. The first-order valence-corrected chi connectivity index (χ1v) is 17.4. The SMILES string of the molecule is CCOC(=O)C1=C(OC)[C@H](OC)[C@@H](O[Si](C)(C)C(C)(C)C)[C@]1(C)CO[Si](C)(C)C(C)(C)C. The van der Waals surface area contributed by atoms with Gasteiger partial charge in [0.05, 0.1) is 30.8 Å². The number of carbonyl (C=O) groups excluding carboxylic acids is 1. The summed E-state index contributed by atoms with van der Waals surface area (Å²) in [6, 6.07) is 0. The molecule has 0 aromatic carbocycles. The van der Waals surface area contributed by atoms with Crippen LogP contribution >= 0.6 is 0 Å². The van der Waals surface area contributed by atoms with Gasteiger partial charge in [-0.25, -0.2) is 4.79 Å². The predicted octanol–water partition coefficient (Wildman–Crippen LogP) is 5.90. The third-order valence-corrected chi connectivity index (χ3v) is 16.6. The van der Waals surface area contributed by atoms with Crippen molar-refractivity contribution >= 4 is 22.6 Å². The van der Waals surface area contributed by atoms with Gasteiger partial charge in [-0.2, -0.15) is 0 Å². The maximum Gasteiger partial charge on any atom is 0.338 e. The number of ether oxygens (including phenoxy) is 3. The molecule has 0 radical (unpaired) electrons. The maximum absolute atomic E-state index is 13.2.